The Balaban J connectivity index is 1.45. The van der Waals surface area contributed by atoms with E-state index in [1.54, 1.807) is 47.0 Å². The number of ether oxygens (including phenoxy) is 2. The molecule has 286 valence electrons. The zero-order valence-corrected chi connectivity index (χ0v) is 35.3. The third-order valence-corrected chi connectivity index (χ3v) is 16.4. The third-order valence-electron chi connectivity index (χ3n) is 10.1. The van der Waals surface area contributed by atoms with Gasteiger partial charge in [-0.3, -0.25) is 18.8 Å². The van der Waals surface area contributed by atoms with Gasteiger partial charge in [0.25, 0.3) is 5.56 Å². The summed E-state index contributed by atoms with van der Waals surface area (Å²) in [4.78, 5) is 39.5. The van der Waals surface area contributed by atoms with Crippen LogP contribution in [-0.4, -0.2) is 81.3 Å². The van der Waals surface area contributed by atoms with Crippen molar-refractivity contribution >= 4 is 44.9 Å². The summed E-state index contributed by atoms with van der Waals surface area (Å²) in [5.41, 5.74) is 2.90. The van der Waals surface area contributed by atoms with Crippen molar-refractivity contribution in [1.82, 2.24) is 38.7 Å². The number of carbonyl (C=O) groups excluding carboxylic acids is 1. The smallest absolute Gasteiger partial charge is 0.354 e. The molecule has 14 nitrogen and oxygen atoms in total. The molecule has 0 saturated carbocycles. The molecule has 0 aliphatic rings. The first-order valence-electron chi connectivity index (χ1n) is 18.0. The maximum atomic E-state index is 13.2. The highest BCUT2D eigenvalue weighted by Crippen LogP contribution is 2.37. The second-order valence-corrected chi connectivity index (χ2v) is 26.8. The average Bonchev–Trinajstić information content (AvgIpc) is 3.74. The molecule has 0 aliphatic heterocycles. The summed E-state index contributed by atoms with van der Waals surface area (Å²) in [5.74, 6) is 0.899. The summed E-state index contributed by atoms with van der Waals surface area (Å²) < 4.78 is 24.4. The van der Waals surface area contributed by atoms with E-state index in [9.17, 15) is 9.59 Å². The molecule has 0 saturated heterocycles. The topological polar surface area (TPSA) is 145 Å². The van der Waals surface area contributed by atoms with Gasteiger partial charge in [0.1, 0.15) is 35.3 Å². The normalized spacial score (nSPS) is 13.1. The lowest BCUT2D eigenvalue weighted by Gasteiger charge is -2.36. The van der Waals surface area contributed by atoms with Gasteiger partial charge in [0.2, 0.25) is 0 Å². The monoisotopic (exact) mass is 761 g/mol. The Morgan fingerprint density at radius 3 is 2.43 bits per heavy atom. The zero-order valence-electron chi connectivity index (χ0n) is 33.3. The second-order valence-electron chi connectivity index (χ2n) is 16.3. The Labute approximate surface area is 313 Å². The van der Waals surface area contributed by atoms with Gasteiger partial charge in [-0.1, -0.05) is 40.4 Å². The van der Waals surface area contributed by atoms with Crippen LogP contribution in [0.2, 0.25) is 43.8 Å². The molecule has 0 unspecified atom stereocenters. The van der Waals surface area contributed by atoms with Crippen molar-refractivity contribution < 1.29 is 18.7 Å². The number of rotatable bonds is 15. The number of hydrogen-bond donors (Lipinski definition) is 1. The van der Waals surface area contributed by atoms with E-state index in [1.807, 2.05) is 23.9 Å². The van der Waals surface area contributed by atoms with Gasteiger partial charge in [0.15, 0.2) is 14.1 Å². The molecule has 0 radical (unpaired) electrons. The van der Waals surface area contributed by atoms with E-state index in [1.165, 1.54) is 11.8 Å². The molecule has 0 fully saturated rings. The van der Waals surface area contributed by atoms with Gasteiger partial charge in [-0.15, -0.1) is 0 Å². The van der Waals surface area contributed by atoms with Gasteiger partial charge < -0.3 is 23.8 Å². The predicted molar refractivity (Wildman–Crippen MR) is 214 cm³/mol. The molecule has 0 spiro atoms. The Bertz CT molecular complexity index is 2140. The third kappa shape index (κ3) is 8.88. The molecule has 5 aromatic rings. The molecule has 0 aliphatic carbocycles. The average molecular weight is 762 g/mol. The summed E-state index contributed by atoms with van der Waals surface area (Å²) in [6.07, 6.45) is 5.87. The van der Waals surface area contributed by atoms with Crippen molar-refractivity contribution in [3.05, 3.63) is 58.9 Å². The highest BCUT2D eigenvalue weighted by atomic mass is 28.4. The number of carbonyl (C=O) groups is 1. The van der Waals surface area contributed by atoms with E-state index in [0.717, 1.165) is 29.1 Å². The van der Waals surface area contributed by atoms with Crippen LogP contribution in [0.5, 0.6) is 0 Å². The van der Waals surface area contributed by atoms with Gasteiger partial charge >= 0.3 is 5.97 Å². The van der Waals surface area contributed by atoms with Crippen LogP contribution in [0, 0.1) is 0 Å². The minimum atomic E-state index is -1.93. The molecule has 0 bridgehead atoms. The van der Waals surface area contributed by atoms with Crippen LogP contribution in [0.4, 0.5) is 11.6 Å². The van der Waals surface area contributed by atoms with Crippen molar-refractivity contribution in [2.24, 2.45) is 14.1 Å². The van der Waals surface area contributed by atoms with Crippen molar-refractivity contribution in [2.45, 2.75) is 90.7 Å². The molecule has 0 aromatic carbocycles. The number of methoxy groups -OCH3 is 1. The highest BCUT2D eigenvalue weighted by Gasteiger charge is 2.37. The molecule has 16 heteroatoms. The highest BCUT2D eigenvalue weighted by molar-refractivity contribution is 6.76. The number of hydrogen-bond acceptors (Lipinski definition) is 10. The molecular weight excluding hydrogens is 707 g/mol. The summed E-state index contributed by atoms with van der Waals surface area (Å²) in [5, 5.41) is 9.35. The molecule has 1 atom stereocenters. The minimum Gasteiger partial charge on any atom is -0.464 e. The SMILES string of the molecule is COC(=O)c1ccc(-c2nn([C@@H](C)CCO[Si](C)(C)C(C)(C)C)c3cc(Nc4ccnc(-c5cn(COCC[Si](C)(C)C)n(C)c5=O)n4)ncc23)n1C. The molecular formula is C37H55N9O5Si2. The van der Waals surface area contributed by atoms with Crippen LogP contribution in [0.3, 0.4) is 0 Å². The fourth-order valence-corrected chi connectivity index (χ4v) is 7.41. The summed E-state index contributed by atoms with van der Waals surface area (Å²) >= 11 is 0. The standard InChI is InChI=1S/C37H55N9O5Si2/c1-25(16-18-51-53(11,12)37(2,3)4)46-30-21-32(39-22-26(30)33(42-46)28-13-14-29(43(28)5)36(48)49-7)40-31-15-17-38-34(41-31)27-23-45(44(6)35(27)47)24-50-19-20-52(8,9)10/h13-15,17,21-23,25H,16,18-20,24H2,1-12H3,(H,38,39,40,41)/t25-/m0/s1. The zero-order chi connectivity index (χ0) is 38.9. The number of esters is 1. The van der Waals surface area contributed by atoms with Gasteiger partial charge in [-0.2, -0.15) is 5.10 Å². The van der Waals surface area contributed by atoms with E-state index in [0.29, 0.717) is 47.6 Å². The van der Waals surface area contributed by atoms with Crippen LogP contribution >= 0.6 is 0 Å². The Kier molecular flexibility index (Phi) is 11.7. The Hall–Kier alpha value is -4.39. The van der Waals surface area contributed by atoms with Crippen LogP contribution in [0.25, 0.3) is 33.7 Å². The molecule has 5 heterocycles. The Morgan fingerprint density at radius 2 is 1.75 bits per heavy atom. The van der Waals surface area contributed by atoms with Crippen LogP contribution < -0.4 is 10.9 Å². The van der Waals surface area contributed by atoms with E-state index in [-0.39, 0.29) is 23.4 Å². The van der Waals surface area contributed by atoms with Gasteiger partial charge in [0.05, 0.1) is 24.4 Å². The van der Waals surface area contributed by atoms with Crippen molar-refractivity contribution in [3.63, 3.8) is 0 Å². The van der Waals surface area contributed by atoms with Gasteiger partial charge in [-0.25, -0.2) is 19.7 Å². The summed E-state index contributed by atoms with van der Waals surface area (Å²) in [7, 11) is 1.74. The van der Waals surface area contributed by atoms with Crippen LogP contribution in [-0.2, 0) is 34.7 Å². The number of pyridine rings is 1. The van der Waals surface area contributed by atoms with E-state index >= 15 is 0 Å². The minimum absolute atomic E-state index is 0.0166. The van der Waals surface area contributed by atoms with E-state index in [4.69, 9.17) is 24.0 Å². The van der Waals surface area contributed by atoms with Crippen molar-refractivity contribution in [1.29, 1.82) is 0 Å². The molecule has 5 aromatic heterocycles. The lowest BCUT2D eigenvalue weighted by Crippen LogP contribution is -2.41. The number of anilines is 2. The van der Waals surface area contributed by atoms with Gasteiger partial charge in [0, 0.05) is 65.4 Å². The van der Waals surface area contributed by atoms with E-state index in [2.05, 4.69) is 75.7 Å². The van der Waals surface area contributed by atoms with Crippen LogP contribution in [0.1, 0.15) is 50.6 Å². The van der Waals surface area contributed by atoms with Crippen molar-refractivity contribution in [2.75, 3.05) is 25.6 Å². The fourth-order valence-electron chi connectivity index (χ4n) is 5.59. The fraction of sp³-hybridized carbons (Fsp3) is 0.514. The maximum absolute atomic E-state index is 13.2. The number of nitrogens with one attached hydrogen (secondary N) is 1. The van der Waals surface area contributed by atoms with Crippen molar-refractivity contribution in [3.8, 4) is 22.8 Å². The Morgan fingerprint density at radius 1 is 1.02 bits per heavy atom. The second kappa shape index (κ2) is 15.5. The largest absolute Gasteiger partial charge is 0.464 e. The maximum Gasteiger partial charge on any atom is 0.354 e. The summed E-state index contributed by atoms with van der Waals surface area (Å²) in [6.45, 7) is 21.8. The van der Waals surface area contributed by atoms with Crippen LogP contribution in [0.15, 0.2) is 47.7 Å². The first-order valence-corrected chi connectivity index (χ1v) is 24.6. The first-order chi connectivity index (χ1) is 24.8. The number of nitrogens with zero attached hydrogens (tertiary/aromatic N) is 8. The lowest BCUT2D eigenvalue weighted by atomic mass is 10.2. The lowest BCUT2D eigenvalue weighted by molar-refractivity contribution is 0.0590. The first kappa shape index (κ1) is 39.8. The quantitative estimate of drug-likeness (QED) is 0.0660. The molecule has 0 amide bonds. The molecule has 53 heavy (non-hydrogen) atoms. The molecule has 1 N–H and O–H groups in total. The molecule has 5 rings (SSSR count). The number of aromatic nitrogens is 8. The predicted octanol–water partition coefficient (Wildman–Crippen LogP) is 7.21. The van der Waals surface area contributed by atoms with E-state index < -0.39 is 22.4 Å². The number of fused-ring (bicyclic) bond motifs is 1. The summed E-state index contributed by atoms with van der Waals surface area (Å²) in [6, 6.07) is 8.31. The van der Waals surface area contributed by atoms with Gasteiger partial charge in [-0.05, 0) is 55.7 Å².